The Bertz CT molecular complexity index is 3890. The molecule has 0 bridgehead atoms. The molecule has 0 aliphatic rings. The topological polar surface area (TPSA) is 9.86 Å². The number of aromatic nitrogens is 2. The molecule has 2 aromatic heterocycles. The Hall–Kier alpha value is -8.20. The highest BCUT2D eigenvalue weighted by molar-refractivity contribution is 6.25. The van der Waals surface area contributed by atoms with E-state index in [9.17, 15) is 0 Å². The molecule has 0 aliphatic heterocycles. The lowest BCUT2D eigenvalue weighted by molar-refractivity contribution is 1.18. The van der Waals surface area contributed by atoms with E-state index in [4.69, 9.17) is 0 Å². The van der Waals surface area contributed by atoms with Gasteiger partial charge in [0.1, 0.15) is 0 Å². The van der Waals surface area contributed by atoms with Crippen LogP contribution in [-0.2, 0) is 0 Å². The first-order chi connectivity index (χ1) is 30.7. The minimum absolute atomic E-state index is 1.15. The van der Waals surface area contributed by atoms with Crippen molar-refractivity contribution in [3.63, 3.8) is 0 Å². The second kappa shape index (κ2) is 13.7. The van der Waals surface area contributed by atoms with E-state index in [1.807, 2.05) is 0 Å². The smallest absolute Gasteiger partial charge is 0.0541 e. The van der Waals surface area contributed by atoms with Crippen LogP contribution in [0.25, 0.3) is 121 Å². The highest BCUT2D eigenvalue weighted by atomic mass is 15.0. The molecule has 0 saturated heterocycles. The van der Waals surface area contributed by atoms with Gasteiger partial charge in [-0.3, -0.25) is 0 Å². The van der Waals surface area contributed by atoms with Gasteiger partial charge >= 0.3 is 0 Å². The molecular weight excluding hydrogens is 749 g/mol. The molecule has 0 amide bonds. The van der Waals surface area contributed by atoms with Gasteiger partial charge < -0.3 is 9.13 Å². The van der Waals surface area contributed by atoms with E-state index in [2.05, 4.69) is 240 Å². The summed E-state index contributed by atoms with van der Waals surface area (Å²) in [6.07, 6.45) is 0. The quantitative estimate of drug-likeness (QED) is 0.154. The van der Waals surface area contributed by atoms with Crippen molar-refractivity contribution in [1.29, 1.82) is 0 Å². The summed E-state index contributed by atoms with van der Waals surface area (Å²) in [5.41, 5.74) is 14.3. The van der Waals surface area contributed by atoms with Gasteiger partial charge in [-0.05, 0) is 132 Å². The van der Waals surface area contributed by atoms with Crippen LogP contribution in [0, 0.1) is 0 Å². The molecule has 2 nitrogen and oxygen atoms in total. The van der Waals surface area contributed by atoms with Crippen LogP contribution in [0.1, 0.15) is 0 Å². The number of rotatable bonds is 5. The van der Waals surface area contributed by atoms with Crippen LogP contribution in [0.15, 0.2) is 231 Å². The molecule has 62 heavy (non-hydrogen) atoms. The summed E-state index contributed by atoms with van der Waals surface area (Å²) in [4.78, 5) is 0. The molecule has 0 aliphatic carbocycles. The third-order valence-electron chi connectivity index (χ3n) is 13.1. The molecule has 0 fully saturated rings. The molecule has 0 saturated carbocycles. The van der Waals surface area contributed by atoms with E-state index in [1.165, 1.54) is 109 Å². The molecule has 288 valence electrons. The molecule has 2 heterocycles. The first kappa shape index (κ1) is 34.6. The zero-order chi connectivity index (χ0) is 40.7. The largest absolute Gasteiger partial charge is 0.309 e. The predicted octanol–water partition coefficient (Wildman–Crippen LogP) is 16.3. The van der Waals surface area contributed by atoms with E-state index in [0.717, 1.165) is 11.4 Å². The van der Waals surface area contributed by atoms with Gasteiger partial charge in [-0.1, -0.05) is 164 Å². The third-order valence-corrected chi connectivity index (χ3v) is 13.1. The van der Waals surface area contributed by atoms with Gasteiger partial charge in [-0.15, -0.1) is 0 Å². The van der Waals surface area contributed by atoms with E-state index < -0.39 is 0 Å². The van der Waals surface area contributed by atoms with E-state index in [1.54, 1.807) is 0 Å². The molecular formula is C60H38N2. The molecule has 11 aromatic carbocycles. The van der Waals surface area contributed by atoms with Crippen LogP contribution in [0.3, 0.4) is 0 Å². The van der Waals surface area contributed by atoms with Crippen LogP contribution >= 0.6 is 0 Å². The van der Waals surface area contributed by atoms with Crippen molar-refractivity contribution in [2.45, 2.75) is 0 Å². The summed E-state index contributed by atoms with van der Waals surface area (Å²) >= 11 is 0. The Labute approximate surface area is 358 Å². The Kier molecular flexibility index (Phi) is 7.64. The summed E-state index contributed by atoms with van der Waals surface area (Å²) in [5.74, 6) is 0. The maximum atomic E-state index is 2.43. The van der Waals surface area contributed by atoms with E-state index in [0.29, 0.717) is 0 Å². The predicted molar refractivity (Wildman–Crippen MR) is 264 cm³/mol. The van der Waals surface area contributed by atoms with Gasteiger partial charge in [-0.2, -0.15) is 0 Å². The minimum Gasteiger partial charge on any atom is -0.309 e. The second-order valence-corrected chi connectivity index (χ2v) is 16.5. The standard InChI is InChI=1S/C60H38N2/c1-2-14-39(15-3-1)40-16-12-18-45(34-40)61-57-26-10-8-24-52(57)55-37-43(29-32-59(55)61)44-30-33-60-56(38-44)53-25-9-11-27-58(53)62(60)46-19-13-17-41(35-46)42-28-31-51-49-22-5-4-20-47(49)48-21-6-7-23-50(48)54(51)36-42/h1-38H. The molecule has 2 heteroatoms. The van der Waals surface area contributed by atoms with Crippen LogP contribution in [0.2, 0.25) is 0 Å². The Morgan fingerprint density at radius 2 is 0.516 bits per heavy atom. The van der Waals surface area contributed by atoms with Crippen molar-refractivity contribution in [2.24, 2.45) is 0 Å². The summed E-state index contributed by atoms with van der Waals surface area (Å²) in [5, 5.41) is 12.7. The van der Waals surface area contributed by atoms with Crippen molar-refractivity contribution in [3.05, 3.63) is 231 Å². The molecule has 0 N–H and O–H groups in total. The SMILES string of the molecule is c1ccc(-c2cccc(-n3c4ccccc4c4cc(-c5ccc6c(c5)c5ccccc5n6-c5cccc(-c6ccc7c8ccccc8c8ccccc8c7c6)c5)ccc43)c2)cc1. The fourth-order valence-electron chi connectivity index (χ4n) is 10.2. The Morgan fingerprint density at radius 3 is 1.03 bits per heavy atom. The van der Waals surface area contributed by atoms with Gasteiger partial charge in [0.05, 0.1) is 22.1 Å². The molecule has 0 atom stereocenters. The van der Waals surface area contributed by atoms with Gasteiger partial charge in [-0.25, -0.2) is 0 Å². The van der Waals surface area contributed by atoms with Gasteiger partial charge in [0, 0.05) is 32.9 Å². The first-order valence-corrected chi connectivity index (χ1v) is 21.4. The van der Waals surface area contributed by atoms with Gasteiger partial charge in [0.25, 0.3) is 0 Å². The summed E-state index contributed by atoms with van der Waals surface area (Å²) in [6.45, 7) is 0. The number of para-hydroxylation sites is 2. The van der Waals surface area contributed by atoms with Crippen molar-refractivity contribution >= 4 is 75.9 Å². The van der Waals surface area contributed by atoms with Crippen molar-refractivity contribution < 1.29 is 0 Å². The fraction of sp³-hybridized carbons (Fsp3) is 0. The average Bonchev–Trinajstić information content (AvgIpc) is 3.86. The normalized spacial score (nSPS) is 11.9. The third kappa shape index (κ3) is 5.30. The first-order valence-electron chi connectivity index (χ1n) is 21.4. The maximum absolute atomic E-state index is 2.43. The minimum atomic E-state index is 1.15. The summed E-state index contributed by atoms with van der Waals surface area (Å²) < 4.78 is 4.84. The van der Waals surface area contributed by atoms with Crippen LogP contribution in [-0.4, -0.2) is 9.13 Å². The van der Waals surface area contributed by atoms with Crippen molar-refractivity contribution in [2.75, 3.05) is 0 Å². The van der Waals surface area contributed by atoms with Gasteiger partial charge in [0.2, 0.25) is 0 Å². The molecule has 0 spiro atoms. The van der Waals surface area contributed by atoms with E-state index >= 15 is 0 Å². The second-order valence-electron chi connectivity index (χ2n) is 16.5. The molecule has 0 radical (unpaired) electrons. The maximum Gasteiger partial charge on any atom is 0.0541 e. The Morgan fingerprint density at radius 1 is 0.177 bits per heavy atom. The number of benzene rings is 11. The van der Waals surface area contributed by atoms with Crippen LogP contribution < -0.4 is 0 Å². The summed E-state index contributed by atoms with van der Waals surface area (Å²) in [7, 11) is 0. The number of nitrogens with zero attached hydrogens (tertiary/aromatic N) is 2. The lowest BCUT2D eigenvalue weighted by atomic mass is 9.92. The Balaban J connectivity index is 0.929. The molecule has 0 unspecified atom stereocenters. The zero-order valence-electron chi connectivity index (χ0n) is 33.8. The monoisotopic (exact) mass is 786 g/mol. The van der Waals surface area contributed by atoms with E-state index in [-0.39, 0.29) is 0 Å². The summed E-state index contributed by atoms with van der Waals surface area (Å²) in [6, 6.07) is 84.7. The van der Waals surface area contributed by atoms with Crippen molar-refractivity contribution in [3.8, 4) is 44.8 Å². The highest BCUT2D eigenvalue weighted by Gasteiger charge is 2.17. The van der Waals surface area contributed by atoms with Crippen molar-refractivity contribution in [1.82, 2.24) is 9.13 Å². The van der Waals surface area contributed by atoms with Crippen LogP contribution in [0.4, 0.5) is 0 Å². The van der Waals surface area contributed by atoms with Gasteiger partial charge in [0.15, 0.2) is 0 Å². The molecule has 13 rings (SSSR count). The highest BCUT2D eigenvalue weighted by Crippen LogP contribution is 2.41. The van der Waals surface area contributed by atoms with Crippen LogP contribution in [0.5, 0.6) is 0 Å². The lowest BCUT2D eigenvalue weighted by Gasteiger charge is -2.13. The number of hydrogen-bond donors (Lipinski definition) is 0. The number of fused-ring (bicyclic) bond motifs is 12. The fourth-order valence-corrected chi connectivity index (χ4v) is 10.2. The average molecular weight is 787 g/mol. The zero-order valence-corrected chi connectivity index (χ0v) is 33.8. The molecule has 13 aromatic rings. The number of hydrogen-bond acceptors (Lipinski definition) is 0. The lowest BCUT2D eigenvalue weighted by Crippen LogP contribution is -1.94.